The molecular weight excluding hydrogens is 278 g/mol. The first-order valence-electron chi connectivity index (χ1n) is 8.05. The van der Waals surface area contributed by atoms with Gasteiger partial charge in [-0.2, -0.15) is 0 Å². The lowest BCUT2D eigenvalue weighted by molar-refractivity contribution is -0.117. The van der Waals surface area contributed by atoms with E-state index in [2.05, 4.69) is 5.32 Å². The highest BCUT2D eigenvalue weighted by Gasteiger charge is 2.25. The Morgan fingerprint density at radius 2 is 2.05 bits per heavy atom. The van der Waals surface area contributed by atoms with E-state index >= 15 is 0 Å². The number of rotatable bonds is 6. The number of carbonyl (C=O) groups is 1. The second-order valence-electron chi connectivity index (χ2n) is 5.68. The van der Waals surface area contributed by atoms with E-state index in [9.17, 15) is 9.90 Å². The number of aliphatic hydroxyl groups excluding tert-OH is 1. The number of hydrogen-bond donors (Lipinski definition) is 2. The minimum Gasteiger partial charge on any atom is -0.494 e. The summed E-state index contributed by atoms with van der Waals surface area (Å²) in [4.78, 5) is 12.0. The van der Waals surface area contributed by atoms with Crippen LogP contribution in [0.25, 0.3) is 6.08 Å². The molecule has 1 aliphatic rings. The van der Waals surface area contributed by atoms with Crippen molar-refractivity contribution in [1.82, 2.24) is 5.32 Å². The largest absolute Gasteiger partial charge is 0.494 e. The molecule has 4 heteroatoms. The summed E-state index contributed by atoms with van der Waals surface area (Å²) in [6.07, 6.45) is 7.54. The zero-order chi connectivity index (χ0) is 15.8. The second-order valence-corrected chi connectivity index (χ2v) is 5.68. The van der Waals surface area contributed by atoms with E-state index in [0.29, 0.717) is 6.61 Å². The molecule has 0 aromatic heterocycles. The predicted octanol–water partition coefficient (Wildman–Crippen LogP) is 2.77. The van der Waals surface area contributed by atoms with E-state index in [1.807, 2.05) is 31.2 Å². The molecule has 2 unspecified atom stereocenters. The topological polar surface area (TPSA) is 58.6 Å². The lowest BCUT2D eigenvalue weighted by atomic mass is 9.85. The molecule has 0 saturated heterocycles. The summed E-state index contributed by atoms with van der Waals surface area (Å²) in [6.45, 7) is 2.74. The van der Waals surface area contributed by atoms with Gasteiger partial charge in [-0.25, -0.2) is 0 Å². The number of aliphatic hydroxyl groups is 1. The quantitative estimate of drug-likeness (QED) is 0.795. The summed E-state index contributed by atoms with van der Waals surface area (Å²) in [5, 5.41) is 12.4. The van der Waals surface area contributed by atoms with Crippen LogP contribution in [0.5, 0.6) is 5.75 Å². The molecule has 120 valence electrons. The Bertz CT molecular complexity index is 496. The van der Waals surface area contributed by atoms with Gasteiger partial charge in [-0.05, 0) is 43.5 Å². The molecule has 2 rings (SSSR count). The summed E-state index contributed by atoms with van der Waals surface area (Å²) in [5.74, 6) is 0.924. The van der Waals surface area contributed by atoms with Crippen molar-refractivity contribution in [2.24, 2.45) is 5.92 Å². The first-order valence-corrected chi connectivity index (χ1v) is 8.05. The van der Waals surface area contributed by atoms with Gasteiger partial charge in [0.1, 0.15) is 5.75 Å². The molecular formula is C18H25NO3. The Labute approximate surface area is 132 Å². The van der Waals surface area contributed by atoms with Crippen LogP contribution in [0.4, 0.5) is 0 Å². The number of benzene rings is 1. The van der Waals surface area contributed by atoms with Crippen LogP contribution in [0, 0.1) is 5.92 Å². The molecule has 1 amide bonds. The minimum atomic E-state index is -0.0979. The average molecular weight is 303 g/mol. The molecule has 1 aromatic rings. The summed E-state index contributed by atoms with van der Waals surface area (Å²) in [7, 11) is 0. The van der Waals surface area contributed by atoms with Gasteiger partial charge in [0.2, 0.25) is 5.91 Å². The lowest BCUT2D eigenvalue weighted by Gasteiger charge is -2.30. The summed E-state index contributed by atoms with van der Waals surface area (Å²) >= 11 is 0. The zero-order valence-electron chi connectivity index (χ0n) is 13.1. The zero-order valence-corrected chi connectivity index (χ0v) is 13.1. The molecule has 0 heterocycles. The molecule has 0 radical (unpaired) electrons. The fourth-order valence-corrected chi connectivity index (χ4v) is 2.86. The molecule has 2 N–H and O–H groups in total. The number of carbonyl (C=O) groups excluding carboxylic acids is 1. The third-order valence-corrected chi connectivity index (χ3v) is 4.09. The highest BCUT2D eigenvalue weighted by Crippen LogP contribution is 2.23. The van der Waals surface area contributed by atoms with Crippen molar-refractivity contribution in [3.63, 3.8) is 0 Å². The van der Waals surface area contributed by atoms with E-state index < -0.39 is 0 Å². The summed E-state index contributed by atoms with van der Waals surface area (Å²) in [6, 6.07) is 7.72. The van der Waals surface area contributed by atoms with Crippen LogP contribution < -0.4 is 10.1 Å². The maximum Gasteiger partial charge on any atom is 0.244 e. The smallest absolute Gasteiger partial charge is 0.244 e. The maximum absolute atomic E-state index is 12.0. The molecule has 1 aromatic carbocycles. The maximum atomic E-state index is 12.0. The van der Waals surface area contributed by atoms with Gasteiger partial charge in [-0.3, -0.25) is 4.79 Å². The average Bonchev–Trinajstić information content (AvgIpc) is 2.55. The molecule has 0 spiro atoms. The normalized spacial score (nSPS) is 21.7. The van der Waals surface area contributed by atoms with Crippen molar-refractivity contribution in [3.05, 3.63) is 35.9 Å². The van der Waals surface area contributed by atoms with Crippen LogP contribution in [0.2, 0.25) is 0 Å². The van der Waals surface area contributed by atoms with Gasteiger partial charge in [0.25, 0.3) is 0 Å². The van der Waals surface area contributed by atoms with Crippen molar-refractivity contribution in [3.8, 4) is 5.75 Å². The Hall–Kier alpha value is -1.81. The molecule has 0 bridgehead atoms. The van der Waals surface area contributed by atoms with E-state index in [-0.39, 0.29) is 24.5 Å². The standard InChI is InChI=1S/C18H25NO3/c1-2-22-16-10-7-14(8-11-16)9-12-18(21)19-17-6-4-3-5-15(17)13-20/h7-12,15,17,20H,2-6,13H2,1H3,(H,19,21)/b12-9+. The highest BCUT2D eigenvalue weighted by atomic mass is 16.5. The minimum absolute atomic E-state index is 0.0937. The van der Waals surface area contributed by atoms with Crippen molar-refractivity contribution < 1.29 is 14.6 Å². The Balaban J connectivity index is 1.87. The van der Waals surface area contributed by atoms with E-state index in [1.54, 1.807) is 12.2 Å². The Morgan fingerprint density at radius 3 is 2.73 bits per heavy atom. The fourth-order valence-electron chi connectivity index (χ4n) is 2.86. The van der Waals surface area contributed by atoms with E-state index in [1.165, 1.54) is 0 Å². The first kappa shape index (κ1) is 16.6. The fraction of sp³-hybridized carbons (Fsp3) is 0.500. The van der Waals surface area contributed by atoms with Gasteiger partial charge in [0.05, 0.1) is 6.61 Å². The van der Waals surface area contributed by atoms with E-state index in [0.717, 1.165) is 37.0 Å². The van der Waals surface area contributed by atoms with Crippen LogP contribution in [0.15, 0.2) is 30.3 Å². The lowest BCUT2D eigenvalue weighted by Crippen LogP contribution is -2.42. The molecule has 0 aliphatic heterocycles. The monoisotopic (exact) mass is 303 g/mol. The SMILES string of the molecule is CCOc1ccc(/C=C/C(=O)NC2CCCCC2CO)cc1. The van der Waals surface area contributed by atoms with Crippen molar-refractivity contribution in [2.45, 2.75) is 38.6 Å². The van der Waals surface area contributed by atoms with Gasteiger partial charge in [0, 0.05) is 24.6 Å². The third kappa shape index (κ3) is 4.88. The molecule has 1 saturated carbocycles. The number of amides is 1. The Kier molecular flexibility index (Phi) is 6.46. The summed E-state index contributed by atoms with van der Waals surface area (Å²) < 4.78 is 5.38. The second kappa shape index (κ2) is 8.59. The van der Waals surface area contributed by atoms with Crippen LogP contribution in [0.1, 0.15) is 38.2 Å². The first-order chi connectivity index (χ1) is 10.7. The van der Waals surface area contributed by atoms with Crippen LogP contribution in [-0.2, 0) is 4.79 Å². The third-order valence-electron chi connectivity index (χ3n) is 4.09. The van der Waals surface area contributed by atoms with Crippen molar-refractivity contribution in [1.29, 1.82) is 0 Å². The molecule has 2 atom stereocenters. The van der Waals surface area contributed by atoms with E-state index in [4.69, 9.17) is 4.74 Å². The van der Waals surface area contributed by atoms with Gasteiger partial charge >= 0.3 is 0 Å². The van der Waals surface area contributed by atoms with Crippen molar-refractivity contribution >= 4 is 12.0 Å². The number of ether oxygens (including phenoxy) is 1. The number of hydrogen-bond acceptors (Lipinski definition) is 3. The van der Waals surface area contributed by atoms with Gasteiger partial charge in [-0.15, -0.1) is 0 Å². The van der Waals surface area contributed by atoms with Crippen molar-refractivity contribution in [2.75, 3.05) is 13.2 Å². The summed E-state index contributed by atoms with van der Waals surface area (Å²) in [5.41, 5.74) is 0.959. The number of nitrogens with one attached hydrogen (secondary N) is 1. The van der Waals surface area contributed by atoms with Crippen LogP contribution >= 0.6 is 0 Å². The molecule has 22 heavy (non-hydrogen) atoms. The van der Waals surface area contributed by atoms with Gasteiger partial charge in [0.15, 0.2) is 0 Å². The van der Waals surface area contributed by atoms with Gasteiger partial charge < -0.3 is 15.2 Å². The van der Waals surface area contributed by atoms with Crippen LogP contribution in [-0.4, -0.2) is 30.3 Å². The van der Waals surface area contributed by atoms with Crippen LogP contribution in [0.3, 0.4) is 0 Å². The predicted molar refractivity (Wildman–Crippen MR) is 87.6 cm³/mol. The highest BCUT2D eigenvalue weighted by molar-refractivity contribution is 5.91. The van der Waals surface area contributed by atoms with Gasteiger partial charge in [-0.1, -0.05) is 25.0 Å². The molecule has 1 fully saturated rings. The Morgan fingerprint density at radius 1 is 1.32 bits per heavy atom. The molecule has 1 aliphatic carbocycles. The molecule has 4 nitrogen and oxygen atoms in total.